The fourth-order valence-corrected chi connectivity index (χ4v) is 4.69. The summed E-state index contributed by atoms with van der Waals surface area (Å²) < 4.78 is 6.98. The van der Waals surface area contributed by atoms with Crippen molar-refractivity contribution < 1.29 is 4.74 Å². The lowest BCUT2D eigenvalue weighted by Gasteiger charge is -2.38. The van der Waals surface area contributed by atoms with Crippen LogP contribution in [0, 0.1) is 0 Å². The van der Waals surface area contributed by atoms with Crippen LogP contribution in [0.15, 0.2) is 58.4 Å². The van der Waals surface area contributed by atoms with E-state index in [0.29, 0.717) is 28.5 Å². The molecule has 2 N–H and O–H groups in total. The molecule has 2 aliphatic rings. The van der Waals surface area contributed by atoms with Gasteiger partial charge in [-0.2, -0.15) is 0 Å². The number of aromatic amines is 1. The summed E-state index contributed by atoms with van der Waals surface area (Å²) >= 11 is 5.83. The van der Waals surface area contributed by atoms with Crippen LogP contribution in [0.2, 0.25) is 5.02 Å². The molecule has 0 aliphatic carbocycles. The molecule has 32 heavy (non-hydrogen) atoms. The van der Waals surface area contributed by atoms with Gasteiger partial charge in [-0.1, -0.05) is 11.6 Å². The molecule has 3 aromatic heterocycles. The SMILES string of the molecule is O=c1[nH]c(N2CCCC3NCCC32)ccc1-n1ccc(OCc2ccc(Cl)cn2)cc1=O. The molecule has 8 nitrogen and oxygen atoms in total. The second-order valence-corrected chi connectivity index (χ2v) is 8.57. The van der Waals surface area contributed by atoms with Gasteiger partial charge in [-0.15, -0.1) is 0 Å². The van der Waals surface area contributed by atoms with Crippen LogP contribution in [0.3, 0.4) is 0 Å². The lowest BCUT2D eigenvalue weighted by Crippen LogP contribution is -2.49. The fraction of sp³-hybridized carbons (Fsp3) is 0.348. The predicted molar refractivity (Wildman–Crippen MR) is 123 cm³/mol. The number of fused-ring (bicyclic) bond motifs is 1. The minimum Gasteiger partial charge on any atom is -0.487 e. The predicted octanol–water partition coefficient (Wildman–Crippen LogP) is 2.48. The van der Waals surface area contributed by atoms with E-state index in [4.69, 9.17) is 16.3 Å². The van der Waals surface area contributed by atoms with Crippen LogP contribution in [0.5, 0.6) is 5.75 Å². The van der Waals surface area contributed by atoms with Crippen molar-refractivity contribution in [2.24, 2.45) is 0 Å². The Hall–Kier alpha value is -3.10. The van der Waals surface area contributed by atoms with E-state index in [9.17, 15) is 9.59 Å². The van der Waals surface area contributed by atoms with Crippen molar-refractivity contribution in [3.63, 3.8) is 0 Å². The van der Waals surface area contributed by atoms with Gasteiger partial charge in [0.1, 0.15) is 23.9 Å². The Kier molecular flexibility index (Phi) is 5.71. The number of nitrogens with zero attached hydrogens (tertiary/aromatic N) is 3. The lowest BCUT2D eigenvalue weighted by atomic mass is 9.97. The molecule has 0 spiro atoms. The largest absolute Gasteiger partial charge is 0.487 e. The van der Waals surface area contributed by atoms with Gasteiger partial charge in [0.05, 0.1) is 10.7 Å². The Morgan fingerprint density at radius 2 is 2.06 bits per heavy atom. The minimum absolute atomic E-state index is 0.211. The highest BCUT2D eigenvalue weighted by atomic mass is 35.5. The second kappa shape index (κ2) is 8.80. The number of aromatic nitrogens is 3. The Labute approximate surface area is 189 Å². The Bertz CT molecular complexity index is 1220. The number of halogens is 1. The molecule has 5 rings (SSSR count). The summed E-state index contributed by atoms with van der Waals surface area (Å²) in [5, 5.41) is 4.09. The number of ether oxygens (including phenoxy) is 1. The third kappa shape index (κ3) is 4.16. The van der Waals surface area contributed by atoms with Gasteiger partial charge in [-0.25, -0.2) is 0 Å². The van der Waals surface area contributed by atoms with Gasteiger partial charge >= 0.3 is 0 Å². The number of H-pyrrole nitrogens is 1. The van der Waals surface area contributed by atoms with Crippen molar-refractivity contribution in [2.75, 3.05) is 18.0 Å². The monoisotopic (exact) mass is 453 g/mol. The second-order valence-electron chi connectivity index (χ2n) is 8.14. The number of hydrogen-bond donors (Lipinski definition) is 2. The lowest BCUT2D eigenvalue weighted by molar-refractivity contribution is 0.300. The highest BCUT2D eigenvalue weighted by molar-refractivity contribution is 6.30. The van der Waals surface area contributed by atoms with Crippen LogP contribution in [0.1, 0.15) is 25.0 Å². The molecular formula is C23H24ClN5O3. The van der Waals surface area contributed by atoms with E-state index in [2.05, 4.69) is 20.2 Å². The average Bonchev–Trinajstić information content (AvgIpc) is 3.28. The van der Waals surface area contributed by atoms with Crippen molar-refractivity contribution in [3.05, 3.63) is 80.2 Å². The molecule has 0 aromatic carbocycles. The zero-order valence-electron chi connectivity index (χ0n) is 17.5. The Morgan fingerprint density at radius 3 is 2.84 bits per heavy atom. The molecule has 2 unspecified atom stereocenters. The Morgan fingerprint density at radius 1 is 1.16 bits per heavy atom. The summed E-state index contributed by atoms with van der Waals surface area (Å²) in [5.41, 5.74) is 0.338. The molecule has 0 amide bonds. The first kappa shape index (κ1) is 20.8. The van der Waals surface area contributed by atoms with Crippen molar-refractivity contribution in [2.45, 2.75) is 38.0 Å². The third-order valence-electron chi connectivity index (χ3n) is 6.13. The smallest absolute Gasteiger partial charge is 0.273 e. The molecule has 0 bridgehead atoms. The molecule has 2 aliphatic heterocycles. The van der Waals surface area contributed by atoms with E-state index in [-0.39, 0.29) is 23.4 Å². The van der Waals surface area contributed by atoms with Crippen LogP contribution in [-0.2, 0) is 6.61 Å². The van der Waals surface area contributed by atoms with Crippen LogP contribution >= 0.6 is 11.6 Å². The van der Waals surface area contributed by atoms with Gasteiger partial charge in [0.15, 0.2) is 0 Å². The first-order valence-electron chi connectivity index (χ1n) is 10.8. The molecular weight excluding hydrogens is 430 g/mol. The topological polar surface area (TPSA) is 92.2 Å². The summed E-state index contributed by atoms with van der Waals surface area (Å²) in [6, 6.07) is 11.0. The summed E-state index contributed by atoms with van der Waals surface area (Å²) in [7, 11) is 0. The summed E-state index contributed by atoms with van der Waals surface area (Å²) in [6.07, 6.45) is 6.42. The first-order valence-corrected chi connectivity index (χ1v) is 11.2. The van der Waals surface area contributed by atoms with E-state index >= 15 is 0 Å². The zero-order chi connectivity index (χ0) is 22.1. The quantitative estimate of drug-likeness (QED) is 0.616. The van der Waals surface area contributed by atoms with Crippen LogP contribution in [-0.4, -0.2) is 39.7 Å². The van der Waals surface area contributed by atoms with Crippen molar-refractivity contribution in [1.29, 1.82) is 0 Å². The van der Waals surface area contributed by atoms with Gasteiger partial charge in [0.2, 0.25) is 0 Å². The normalized spacial score (nSPS) is 20.2. The van der Waals surface area contributed by atoms with Crippen LogP contribution in [0.4, 0.5) is 5.82 Å². The Balaban J connectivity index is 1.33. The summed E-state index contributed by atoms with van der Waals surface area (Å²) in [6.45, 7) is 2.14. The number of piperidine rings is 1. The van der Waals surface area contributed by atoms with Gasteiger partial charge < -0.3 is 19.9 Å². The van der Waals surface area contributed by atoms with E-state index in [0.717, 1.165) is 31.7 Å². The molecule has 0 radical (unpaired) electrons. The first-order chi connectivity index (χ1) is 15.6. The van der Waals surface area contributed by atoms with Crippen molar-refractivity contribution in [3.8, 4) is 11.4 Å². The fourth-order valence-electron chi connectivity index (χ4n) is 4.58. The molecule has 2 fully saturated rings. The highest BCUT2D eigenvalue weighted by Crippen LogP contribution is 2.28. The molecule has 3 aromatic rings. The van der Waals surface area contributed by atoms with E-state index in [1.54, 1.807) is 36.7 Å². The maximum atomic E-state index is 12.8. The average molecular weight is 454 g/mol. The molecule has 2 atom stereocenters. The molecule has 9 heteroatoms. The molecule has 166 valence electrons. The van der Waals surface area contributed by atoms with Crippen LogP contribution in [0.25, 0.3) is 5.69 Å². The van der Waals surface area contributed by atoms with Crippen LogP contribution < -0.4 is 26.1 Å². The van der Waals surface area contributed by atoms with E-state index < -0.39 is 0 Å². The molecule has 5 heterocycles. The maximum absolute atomic E-state index is 12.8. The van der Waals surface area contributed by atoms with Gasteiger partial charge in [0, 0.05) is 37.1 Å². The van der Waals surface area contributed by atoms with E-state index in [1.165, 1.54) is 17.1 Å². The van der Waals surface area contributed by atoms with Crippen molar-refractivity contribution in [1.82, 2.24) is 19.9 Å². The summed E-state index contributed by atoms with van der Waals surface area (Å²) in [4.78, 5) is 34.9. The van der Waals surface area contributed by atoms with Gasteiger partial charge in [-0.05, 0) is 56.1 Å². The third-order valence-corrected chi connectivity index (χ3v) is 6.36. The standard InChI is InChI=1S/C23H24ClN5O3/c24-15-3-4-16(26-13-15)14-32-17-8-11-29(22(30)12-17)20-5-6-21(27-23(20)31)28-10-1-2-18-19(28)7-9-25-18/h3-6,8,11-13,18-19,25H,1-2,7,9-10,14H2,(H,27,31). The van der Waals surface area contributed by atoms with Crippen molar-refractivity contribution >= 4 is 17.4 Å². The number of nitrogens with one attached hydrogen (secondary N) is 2. The van der Waals surface area contributed by atoms with E-state index in [1.807, 2.05) is 6.07 Å². The maximum Gasteiger partial charge on any atom is 0.273 e. The van der Waals surface area contributed by atoms with Gasteiger partial charge in [0.25, 0.3) is 11.1 Å². The number of anilines is 1. The van der Waals surface area contributed by atoms with Gasteiger partial charge in [-0.3, -0.25) is 19.1 Å². The highest BCUT2D eigenvalue weighted by Gasteiger charge is 2.35. The molecule has 2 saturated heterocycles. The number of rotatable bonds is 5. The zero-order valence-corrected chi connectivity index (χ0v) is 18.2. The number of pyridine rings is 3. The molecule has 0 saturated carbocycles. The minimum atomic E-state index is -0.345. The summed E-state index contributed by atoms with van der Waals surface area (Å²) in [5.74, 6) is 1.21. The number of hydrogen-bond acceptors (Lipinski definition) is 6.